The molecule has 0 bridgehead atoms. The van der Waals surface area contributed by atoms with Gasteiger partial charge in [-0.3, -0.25) is 4.79 Å². The summed E-state index contributed by atoms with van der Waals surface area (Å²) in [5, 5.41) is 3.15. The number of anilines is 1. The molecule has 6 nitrogen and oxygen atoms in total. The Balaban J connectivity index is 1.55. The van der Waals surface area contributed by atoms with Crippen LogP contribution < -0.4 is 5.32 Å². The zero-order valence-electron chi connectivity index (χ0n) is 14.1. The standard InChI is InChI=1S/C18H20IN3O3S/c19-16-8-4-5-9-17(16)20-14-18(23)21-10-12-22(13-11-21)26(24,25)15-6-2-1-3-7-15/h1-9,20H,10-14H2. The Bertz CT molecular complexity index is 866. The van der Waals surface area contributed by atoms with Crippen LogP contribution in [0.1, 0.15) is 0 Å². The minimum Gasteiger partial charge on any atom is -0.375 e. The van der Waals surface area contributed by atoms with Crippen LogP contribution in [0.2, 0.25) is 0 Å². The van der Waals surface area contributed by atoms with Crippen molar-refractivity contribution in [1.29, 1.82) is 0 Å². The molecular weight excluding hydrogens is 465 g/mol. The molecule has 1 saturated heterocycles. The Morgan fingerprint density at radius 3 is 2.23 bits per heavy atom. The Morgan fingerprint density at radius 1 is 0.962 bits per heavy atom. The Morgan fingerprint density at radius 2 is 1.58 bits per heavy atom. The largest absolute Gasteiger partial charge is 0.375 e. The summed E-state index contributed by atoms with van der Waals surface area (Å²) < 4.78 is 27.7. The fraction of sp³-hybridized carbons (Fsp3) is 0.278. The topological polar surface area (TPSA) is 69.7 Å². The number of sulfonamides is 1. The molecule has 0 radical (unpaired) electrons. The van der Waals surface area contributed by atoms with Gasteiger partial charge < -0.3 is 10.2 Å². The maximum absolute atomic E-state index is 12.6. The van der Waals surface area contributed by atoms with Crippen LogP contribution in [0.3, 0.4) is 0 Å². The average molecular weight is 485 g/mol. The van der Waals surface area contributed by atoms with E-state index in [2.05, 4.69) is 27.9 Å². The number of nitrogens with one attached hydrogen (secondary N) is 1. The summed E-state index contributed by atoms with van der Waals surface area (Å²) in [6.07, 6.45) is 0. The quantitative estimate of drug-likeness (QED) is 0.660. The summed E-state index contributed by atoms with van der Waals surface area (Å²) in [7, 11) is -3.49. The second-order valence-corrected chi connectivity index (χ2v) is 9.03. The molecule has 1 fully saturated rings. The van der Waals surface area contributed by atoms with E-state index in [1.165, 1.54) is 4.31 Å². The minimum absolute atomic E-state index is 0.0265. The number of hydrogen-bond acceptors (Lipinski definition) is 4. The van der Waals surface area contributed by atoms with Crippen LogP contribution in [-0.4, -0.2) is 56.3 Å². The predicted molar refractivity (Wildman–Crippen MR) is 109 cm³/mol. The van der Waals surface area contributed by atoms with Crippen LogP contribution in [-0.2, 0) is 14.8 Å². The van der Waals surface area contributed by atoms with E-state index in [1.807, 2.05) is 24.3 Å². The average Bonchev–Trinajstić information content (AvgIpc) is 2.68. The van der Waals surface area contributed by atoms with Gasteiger partial charge >= 0.3 is 0 Å². The highest BCUT2D eigenvalue weighted by Gasteiger charge is 2.29. The van der Waals surface area contributed by atoms with E-state index in [9.17, 15) is 13.2 Å². The molecule has 1 aliphatic rings. The normalized spacial score (nSPS) is 15.7. The first-order chi connectivity index (χ1) is 12.5. The first-order valence-corrected chi connectivity index (χ1v) is 10.8. The number of amides is 1. The number of nitrogens with zero attached hydrogens (tertiary/aromatic N) is 2. The van der Waals surface area contributed by atoms with Gasteiger partial charge in [-0.1, -0.05) is 30.3 Å². The highest BCUT2D eigenvalue weighted by molar-refractivity contribution is 14.1. The van der Waals surface area contributed by atoms with Gasteiger partial charge in [0.1, 0.15) is 0 Å². The van der Waals surface area contributed by atoms with Gasteiger partial charge in [-0.25, -0.2) is 8.42 Å². The summed E-state index contributed by atoms with van der Waals surface area (Å²) in [4.78, 5) is 14.4. The molecule has 0 atom stereocenters. The fourth-order valence-corrected chi connectivity index (χ4v) is 4.83. The molecule has 8 heteroatoms. The van der Waals surface area contributed by atoms with Crippen molar-refractivity contribution in [3.8, 4) is 0 Å². The lowest BCUT2D eigenvalue weighted by atomic mass is 10.3. The fourth-order valence-electron chi connectivity index (χ4n) is 2.81. The molecule has 1 N–H and O–H groups in total. The molecule has 2 aromatic carbocycles. The van der Waals surface area contributed by atoms with Crippen molar-refractivity contribution < 1.29 is 13.2 Å². The smallest absolute Gasteiger partial charge is 0.243 e. The van der Waals surface area contributed by atoms with Gasteiger partial charge in [-0.2, -0.15) is 4.31 Å². The number of carbonyl (C=O) groups excluding carboxylic acids is 1. The molecule has 26 heavy (non-hydrogen) atoms. The summed E-state index contributed by atoms with van der Waals surface area (Å²) in [5.74, 6) is -0.0265. The van der Waals surface area contributed by atoms with Gasteiger partial charge in [-0.15, -0.1) is 0 Å². The SMILES string of the molecule is O=C(CNc1ccccc1I)N1CCN(S(=O)(=O)c2ccccc2)CC1. The van der Waals surface area contributed by atoms with Crippen molar-refractivity contribution in [2.45, 2.75) is 4.90 Å². The summed E-state index contributed by atoms with van der Waals surface area (Å²) in [6.45, 7) is 1.63. The van der Waals surface area contributed by atoms with Crippen molar-refractivity contribution >= 4 is 44.2 Å². The van der Waals surface area contributed by atoms with Crippen LogP contribution >= 0.6 is 22.6 Å². The van der Waals surface area contributed by atoms with E-state index < -0.39 is 10.0 Å². The molecule has 1 amide bonds. The first kappa shape index (κ1) is 19.1. The number of piperazine rings is 1. The third-order valence-corrected chi connectivity index (χ3v) is 7.13. The van der Waals surface area contributed by atoms with Gasteiger partial charge in [0.2, 0.25) is 15.9 Å². The molecule has 0 saturated carbocycles. The van der Waals surface area contributed by atoms with E-state index in [1.54, 1.807) is 35.2 Å². The van der Waals surface area contributed by atoms with E-state index in [4.69, 9.17) is 0 Å². The highest BCUT2D eigenvalue weighted by atomic mass is 127. The Kier molecular flexibility index (Phi) is 6.15. The zero-order valence-corrected chi connectivity index (χ0v) is 17.1. The third-order valence-electron chi connectivity index (χ3n) is 4.28. The zero-order chi connectivity index (χ0) is 18.6. The molecule has 1 heterocycles. The van der Waals surface area contributed by atoms with Crippen molar-refractivity contribution in [3.05, 3.63) is 58.2 Å². The molecule has 0 spiro atoms. The maximum Gasteiger partial charge on any atom is 0.243 e. The van der Waals surface area contributed by atoms with Crippen molar-refractivity contribution in [2.24, 2.45) is 0 Å². The van der Waals surface area contributed by atoms with E-state index in [0.717, 1.165) is 9.26 Å². The lowest BCUT2D eigenvalue weighted by Crippen LogP contribution is -2.51. The molecular formula is C18H20IN3O3S. The Hall–Kier alpha value is -1.65. The van der Waals surface area contributed by atoms with E-state index in [-0.39, 0.29) is 12.5 Å². The molecule has 0 unspecified atom stereocenters. The molecule has 138 valence electrons. The van der Waals surface area contributed by atoms with Gasteiger partial charge in [0, 0.05) is 35.4 Å². The Labute approximate surface area is 167 Å². The maximum atomic E-state index is 12.6. The van der Waals surface area contributed by atoms with Crippen molar-refractivity contribution in [1.82, 2.24) is 9.21 Å². The second kappa shape index (κ2) is 8.36. The van der Waals surface area contributed by atoms with Crippen LogP contribution in [0.25, 0.3) is 0 Å². The van der Waals surface area contributed by atoms with Crippen LogP contribution in [0, 0.1) is 3.57 Å². The minimum atomic E-state index is -3.49. The first-order valence-electron chi connectivity index (χ1n) is 8.30. The van der Waals surface area contributed by atoms with E-state index >= 15 is 0 Å². The van der Waals surface area contributed by atoms with Gasteiger partial charge in [0.15, 0.2) is 0 Å². The number of benzene rings is 2. The molecule has 1 aliphatic heterocycles. The second-order valence-electron chi connectivity index (χ2n) is 5.93. The lowest BCUT2D eigenvalue weighted by Gasteiger charge is -2.34. The third kappa shape index (κ3) is 4.36. The lowest BCUT2D eigenvalue weighted by molar-refractivity contribution is -0.130. The van der Waals surface area contributed by atoms with Crippen LogP contribution in [0.15, 0.2) is 59.5 Å². The number of carbonyl (C=O) groups is 1. The molecule has 3 rings (SSSR count). The summed E-state index contributed by atoms with van der Waals surface area (Å²) >= 11 is 2.22. The molecule has 0 aromatic heterocycles. The summed E-state index contributed by atoms with van der Waals surface area (Å²) in [6, 6.07) is 16.2. The monoisotopic (exact) mass is 485 g/mol. The van der Waals surface area contributed by atoms with Crippen LogP contribution in [0.4, 0.5) is 5.69 Å². The van der Waals surface area contributed by atoms with Crippen molar-refractivity contribution in [2.75, 3.05) is 38.0 Å². The van der Waals surface area contributed by atoms with E-state index in [0.29, 0.717) is 31.1 Å². The van der Waals surface area contributed by atoms with Gasteiger partial charge in [-0.05, 0) is 46.9 Å². The number of halogens is 1. The highest BCUT2D eigenvalue weighted by Crippen LogP contribution is 2.18. The molecule has 2 aromatic rings. The summed E-state index contributed by atoms with van der Waals surface area (Å²) in [5.41, 5.74) is 0.923. The number of hydrogen-bond donors (Lipinski definition) is 1. The number of para-hydroxylation sites is 1. The van der Waals surface area contributed by atoms with Gasteiger partial charge in [0.25, 0.3) is 0 Å². The van der Waals surface area contributed by atoms with Gasteiger partial charge in [0.05, 0.1) is 11.4 Å². The molecule has 0 aliphatic carbocycles. The van der Waals surface area contributed by atoms with Crippen molar-refractivity contribution in [3.63, 3.8) is 0 Å². The predicted octanol–water partition coefficient (Wildman–Crippen LogP) is 2.24. The number of rotatable bonds is 5. The van der Waals surface area contributed by atoms with Crippen LogP contribution in [0.5, 0.6) is 0 Å².